The number of halogens is 2. The first kappa shape index (κ1) is 13.7. The molecule has 2 nitrogen and oxygen atoms in total. The number of alkyl halides is 1. The van der Waals surface area contributed by atoms with Crippen LogP contribution in [0, 0.1) is 12.8 Å². The van der Waals surface area contributed by atoms with Crippen molar-refractivity contribution in [1.29, 1.82) is 0 Å². The zero-order valence-electron chi connectivity index (χ0n) is 10.5. The molecule has 1 aliphatic rings. The summed E-state index contributed by atoms with van der Waals surface area (Å²) in [6.45, 7) is 3.53. The topological polar surface area (TPSA) is 20.3 Å². The van der Waals surface area contributed by atoms with E-state index >= 15 is 0 Å². The van der Waals surface area contributed by atoms with Crippen LogP contribution in [0.25, 0.3) is 0 Å². The molecule has 1 aromatic rings. The number of hydrogen-bond acceptors (Lipinski definition) is 1. The molecule has 1 fully saturated rings. The molecule has 1 heterocycles. The summed E-state index contributed by atoms with van der Waals surface area (Å²) in [7, 11) is 0. The fourth-order valence-corrected chi connectivity index (χ4v) is 2.91. The first-order chi connectivity index (χ1) is 8.63. The predicted octanol–water partition coefficient (Wildman–Crippen LogP) is 3.74. The summed E-state index contributed by atoms with van der Waals surface area (Å²) in [6.07, 6.45) is 2.02. The van der Waals surface area contributed by atoms with Crippen molar-refractivity contribution in [3.63, 3.8) is 0 Å². The van der Waals surface area contributed by atoms with Gasteiger partial charge in [0.2, 0.25) is 0 Å². The minimum atomic E-state index is 0.0424. The minimum Gasteiger partial charge on any atom is -0.338 e. The lowest BCUT2D eigenvalue weighted by molar-refractivity contribution is 0.0787. The molecule has 1 saturated heterocycles. The van der Waals surface area contributed by atoms with E-state index in [2.05, 4.69) is 0 Å². The van der Waals surface area contributed by atoms with Gasteiger partial charge < -0.3 is 4.90 Å². The molecular weight excluding hydrogens is 269 g/mol. The van der Waals surface area contributed by atoms with Gasteiger partial charge >= 0.3 is 0 Å². The van der Waals surface area contributed by atoms with E-state index in [-0.39, 0.29) is 5.91 Å². The van der Waals surface area contributed by atoms with E-state index in [0.29, 0.717) is 22.4 Å². The second-order valence-electron chi connectivity index (χ2n) is 4.82. The van der Waals surface area contributed by atoms with Crippen molar-refractivity contribution < 1.29 is 4.79 Å². The number of amides is 1. The van der Waals surface area contributed by atoms with E-state index in [0.717, 1.165) is 31.5 Å². The number of carbonyl (C=O) groups excluding carboxylic acids is 1. The van der Waals surface area contributed by atoms with E-state index in [4.69, 9.17) is 23.2 Å². The molecule has 0 N–H and O–H groups in total. The third-order valence-electron chi connectivity index (χ3n) is 3.51. The largest absolute Gasteiger partial charge is 0.338 e. The summed E-state index contributed by atoms with van der Waals surface area (Å²) in [5.74, 6) is 1.24. The molecule has 1 aliphatic heterocycles. The van der Waals surface area contributed by atoms with Gasteiger partial charge in [0.15, 0.2) is 0 Å². The number of nitrogens with zero attached hydrogens (tertiary/aromatic N) is 1. The number of benzene rings is 1. The van der Waals surface area contributed by atoms with Crippen LogP contribution in [0.5, 0.6) is 0 Å². The monoisotopic (exact) mass is 285 g/mol. The average Bonchev–Trinajstić information content (AvgIpc) is 2.81. The molecule has 0 radical (unpaired) electrons. The van der Waals surface area contributed by atoms with Crippen molar-refractivity contribution >= 4 is 29.1 Å². The van der Waals surface area contributed by atoms with Crippen molar-refractivity contribution in [2.75, 3.05) is 19.0 Å². The van der Waals surface area contributed by atoms with Crippen molar-refractivity contribution in [3.8, 4) is 0 Å². The highest BCUT2D eigenvalue weighted by Crippen LogP contribution is 2.26. The van der Waals surface area contributed by atoms with E-state index in [1.165, 1.54) is 0 Å². The first-order valence-electron chi connectivity index (χ1n) is 6.24. The quantitative estimate of drug-likeness (QED) is 0.775. The number of carbonyl (C=O) groups is 1. The van der Waals surface area contributed by atoms with Crippen molar-refractivity contribution in [2.24, 2.45) is 5.92 Å². The van der Waals surface area contributed by atoms with E-state index in [1.54, 1.807) is 6.07 Å². The number of rotatable bonds is 3. The maximum Gasteiger partial charge on any atom is 0.255 e. The molecule has 4 heteroatoms. The van der Waals surface area contributed by atoms with Crippen LogP contribution in [-0.2, 0) is 0 Å². The van der Waals surface area contributed by atoms with Gasteiger partial charge in [0.25, 0.3) is 5.91 Å². The summed E-state index contributed by atoms with van der Waals surface area (Å²) < 4.78 is 0. The molecule has 0 aromatic heterocycles. The van der Waals surface area contributed by atoms with Crippen LogP contribution in [0.4, 0.5) is 0 Å². The molecule has 1 amide bonds. The molecule has 18 heavy (non-hydrogen) atoms. The molecule has 1 atom stereocenters. The van der Waals surface area contributed by atoms with Crippen LogP contribution < -0.4 is 0 Å². The zero-order valence-corrected chi connectivity index (χ0v) is 12.0. The Balaban J connectivity index is 2.11. The summed E-state index contributed by atoms with van der Waals surface area (Å²) in [4.78, 5) is 14.3. The highest BCUT2D eigenvalue weighted by molar-refractivity contribution is 6.34. The fourth-order valence-electron chi connectivity index (χ4n) is 2.39. The summed E-state index contributed by atoms with van der Waals surface area (Å²) in [5.41, 5.74) is 1.56. The van der Waals surface area contributed by atoms with Gasteiger partial charge in [-0.1, -0.05) is 23.7 Å². The van der Waals surface area contributed by atoms with E-state index < -0.39 is 0 Å². The van der Waals surface area contributed by atoms with Gasteiger partial charge in [-0.25, -0.2) is 0 Å². The van der Waals surface area contributed by atoms with Gasteiger partial charge in [-0.3, -0.25) is 4.79 Å². The van der Waals surface area contributed by atoms with Crippen molar-refractivity contribution in [3.05, 3.63) is 34.3 Å². The Labute approximate surface area is 118 Å². The molecule has 0 aliphatic carbocycles. The van der Waals surface area contributed by atoms with Gasteiger partial charge in [0.1, 0.15) is 0 Å². The molecule has 2 rings (SSSR count). The van der Waals surface area contributed by atoms with E-state index in [9.17, 15) is 4.79 Å². The Kier molecular flexibility index (Phi) is 4.52. The van der Waals surface area contributed by atoms with Crippen molar-refractivity contribution in [1.82, 2.24) is 4.90 Å². The molecule has 1 aromatic carbocycles. The maximum absolute atomic E-state index is 12.4. The molecular formula is C14H17Cl2NO. The Bertz CT molecular complexity index is 447. The van der Waals surface area contributed by atoms with Crippen LogP contribution in [0.3, 0.4) is 0 Å². The first-order valence-corrected chi connectivity index (χ1v) is 7.15. The van der Waals surface area contributed by atoms with Gasteiger partial charge in [-0.15, -0.1) is 11.6 Å². The van der Waals surface area contributed by atoms with Crippen molar-refractivity contribution in [2.45, 2.75) is 19.8 Å². The lowest BCUT2D eigenvalue weighted by Crippen LogP contribution is -2.29. The molecule has 0 spiro atoms. The third-order valence-corrected chi connectivity index (χ3v) is 4.23. The molecule has 0 saturated carbocycles. The molecule has 0 bridgehead atoms. The van der Waals surface area contributed by atoms with Crippen LogP contribution in [0.2, 0.25) is 5.02 Å². The maximum atomic E-state index is 12.4. The Morgan fingerprint density at radius 3 is 3.00 bits per heavy atom. The number of aryl methyl sites for hydroxylation is 1. The lowest BCUT2D eigenvalue weighted by Gasteiger charge is -2.17. The lowest BCUT2D eigenvalue weighted by atomic mass is 10.1. The Hall–Kier alpha value is -0.730. The number of hydrogen-bond donors (Lipinski definition) is 0. The Morgan fingerprint density at radius 1 is 1.50 bits per heavy atom. The highest BCUT2D eigenvalue weighted by Gasteiger charge is 2.27. The minimum absolute atomic E-state index is 0.0424. The predicted molar refractivity (Wildman–Crippen MR) is 75.5 cm³/mol. The standard InChI is InChI=1S/C14H17Cl2NO/c1-10-3-2-4-12(13(10)16)14(18)17-8-6-11(9-17)5-7-15/h2-4,11H,5-9H2,1H3. The number of likely N-dealkylation sites (tertiary alicyclic amines) is 1. The highest BCUT2D eigenvalue weighted by atomic mass is 35.5. The van der Waals surface area contributed by atoms with Crippen LogP contribution >= 0.6 is 23.2 Å². The molecule has 98 valence electrons. The third kappa shape index (κ3) is 2.81. The Morgan fingerprint density at radius 2 is 2.28 bits per heavy atom. The fraction of sp³-hybridized carbons (Fsp3) is 0.500. The normalized spacial score (nSPS) is 19.3. The second kappa shape index (κ2) is 5.94. The van der Waals surface area contributed by atoms with Crippen LogP contribution in [0.1, 0.15) is 28.8 Å². The van der Waals surface area contributed by atoms with Gasteiger partial charge in [0.05, 0.1) is 10.6 Å². The summed E-state index contributed by atoms with van der Waals surface area (Å²) in [5, 5.41) is 0.572. The zero-order chi connectivity index (χ0) is 13.1. The molecule has 1 unspecified atom stereocenters. The average molecular weight is 286 g/mol. The van der Waals surface area contributed by atoms with Gasteiger partial charge in [-0.2, -0.15) is 0 Å². The van der Waals surface area contributed by atoms with Crippen LogP contribution in [-0.4, -0.2) is 29.8 Å². The summed E-state index contributed by atoms with van der Waals surface area (Å²) >= 11 is 11.9. The SMILES string of the molecule is Cc1cccc(C(=O)N2CCC(CCCl)C2)c1Cl. The van der Waals surface area contributed by atoms with Gasteiger partial charge in [0, 0.05) is 19.0 Å². The smallest absolute Gasteiger partial charge is 0.255 e. The summed E-state index contributed by atoms with van der Waals surface area (Å²) in [6, 6.07) is 5.59. The second-order valence-corrected chi connectivity index (χ2v) is 5.58. The van der Waals surface area contributed by atoms with E-state index in [1.807, 2.05) is 24.0 Å². The van der Waals surface area contributed by atoms with Crippen LogP contribution in [0.15, 0.2) is 18.2 Å². The van der Waals surface area contributed by atoms with Gasteiger partial charge in [-0.05, 0) is 37.3 Å².